The Bertz CT molecular complexity index is 866. The molecule has 0 unspecified atom stereocenters. The lowest BCUT2D eigenvalue weighted by Gasteiger charge is -2.12. The van der Waals surface area contributed by atoms with E-state index in [1.54, 1.807) is 18.4 Å². The predicted octanol–water partition coefficient (Wildman–Crippen LogP) is 4.42. The quantitative estimate of drug-likeness (QED) is 0.669. The number of anilines is 1. The highest BCUT2D eigenvalue weighted by atomic mass is 35.5. The van der Waals surface area contributed by atoms with Crippen molar-refractivity contribution in [2.45, 2.75) is 19.4 Å². The third-order valence-electron chi connectivity index (χ3n) is 3.92. The summed E-state index contributed by atoms with van der Waals surface area (Å²) >= 11 is 6.02. The molecule has 5 nitrogen and oxygen atoms in total. The Morgan fingerprint density at radius 3 is 2.92 bits per heavy atom. The maximum Gasteiger partial charge on any atom is 0.225 e. The Labute approximate surface area is 142 Å². The van der Waals surface area contributed by atoms with Gasteiger partial charge in [-0.3, -0.25) is 0 Å². The molecule has 124 valence electrons. The van der Waals surface area contributed by atoms with E-state index < -0.39 is 5.82 Å². The standard InChI is InChI=1S/C17H15ClFN3O2/c18-17-21-14-12(16(22-17)20-8-11-2-1-7-23-11)5-6-13(19)15(14)24-9-10-3-4-10/h1-2,5-7,10H,3-4,8-9H2,(H,20,21,22). The van der Waals surface area contributed by atoms with Crippen molar-refractivity contribution in [3.8, 4) is 5.75 Å². The lowest BCUT2D eigenvalue weighted by atomic mass is 10.2. The Morgan fingerprint density at radius 1 is 1.29 bits per heavy atom. The van der Waals surface area contributed by atoms with E-state index in [4.69, 9.17) is 20.8 Å². The van der Waals surface area contributed by atoms with Crippen LogP contribution in [0.25, 0.3) is 10.9 Å². The van der Waals surface area contributed by atoms with E-state index in [1.807, 2.05) is 6.07 Å². The maximum atomic E-state index is 14.2. The van der Waals surface area contributed by atoms with Gasteiger partial charge in [-0.2, -0.15) is 0 Å². The first-order valence-electron chi connectivity index (χ1n) is 7.75. The van der Waals surface area contributed by atoms with Gasteiger partial charge in [0.15, 0.2) is 11.6 Å². The van der Waals surface area contributed by atoms with E-state index in [0.717, 1.165) is 18.6 Å². The van der Waals surface area contributed by atoms with Crippen molar-refractivity contribution >= 4 is 28.3 Å². The molecule has 0 aliphatic heterocycles. The van der Waals surface area contributed by atoms with E-state index >= 15 is 0 Å². The average Bonchev–Trinajstić information content (AvgIpc) is 3.24. The first-order chi connectivity index (χ1) is 11.7. The summed E-state index contributed by atoms with van der Waals surface area (Å²) in [6, 6.07) is 6.64. The number of hydrogen-bond acceptors (Lipinski definition) is 5. The summed E-state index contributed by atoms with van der Waals surface area (Å²) in [5.74, 6) is 1.45. The van der Waals surface area contributed by atoms with E-state index in [2.05, 4.69) is 15.3 Å². The minimum absolute atomic E-state index is 0.0336. The van der Waals surface area contributed by atoms with Crippen LogP contribution >= 0.6 is 11.6 Å². The second-order valence-electron chi connectivity index (χ2n) is 5.80. The maximum absolute atomic E-state index is 14.2. The Morgan fingerprint density at radius 2 is 2.17 bits per heavy atom. The van der Waals surface area contributed by atoms with Gasteiger partial charge in [-0.05, 0) is 54.6 Å². The van der Waals surface area contributed by atoms with Gasteiger partial charge in [0.1, 0.15) is 17.1 Å². The normalized spacial score (nSPS) is 14.1. The van der Waals surface area contributed by atoms with E-state index in [0.29, 0.717) is 35.8 Å². The van der Waals surface area contributed by atoms with Gasteiger partial charge in [0.2, 0.25) is 5.28 Å². The summed E-state index contributed by atoms with van der Waals surface area (Å²) in [7, 11) is 0. The molecule has 1 fully saturated rings. The van der Waals surface area contributed by atoms with Gasteiger partial charge >= 0.3 is 0 Å². The van der Waals surface area contributed by atoms with Crippen molar-refractivity contribution in [3.63, 3.8) is 0 Å². The summed E-state index contributed by atoms with van der Waals surface area (Å²) in [5.41, 5.74) is 0.373. The molecule has 2 heterocycles. The smallest absolute Gasteiger partial charge is 0.225 e. The zero-order valence-corrected chi connectivity index (χ0v) is 13.5. The summed E-state index contributed by atoms with van der Waals surface area (Å²) in [6.45, 7) is 0.928. The number of benzene rings is 1. The number of furan rings is 1. The van der Waals surface area contributed by atoms with Crippen molar-refractivity contribution in [1.29, 1.82) is 0 Å². The third kappa shape index (κ3) is 3.14. The number of nitrogens with zero attached hydrogens (tertiary/aromatic N) is 2. The second kappa shape index (κ2) is 6.28. The van der Waals surface area contributed by atoms with Crippen LogP contribution in [0.5, 0.6) is 5.75 Å². The molecule has 4 rings (SSSR count). The van der Waals surface area contributed by atoms with E-state index in [-0.39, 0.29) is 11.0 Å². The van der Waals surface area contributed by atoms with Crippen LogP contribution in [0.2, 0.25) is 5.28 Å². The van der Waals surface area contributed by atoms with Crippen molar-refractivity contribution < 1.29 is 13.5 Å². The van der Waals surface area contributed by atoms with Crippen molar-refractivity contribution in [3.05, 3.63) is 47.4 Å². The summed E-state index contributed by atoms with van der Waals surface area (Å²) in [4.78, 5) is 8.37. The van der Waals surface area contributed by atoms with Crippen molar-refractivity contribution in [2.24, 2.45) is 5.92 Å². The van der Waals surface area contributed by atoms with E-state index in [9.17, 15) is 4.39 Å². The van der Waals surface area contributed by atoms with Gasteiger partial charge < -0.3 is 14.5 Å². The molecule has 0 amide bonds. The molecule has 1 aliphatic rings. The van der Waals surface area contributed by atoms with Crippen LogP contribution in [-0.2, 0) is 6.54 Å². The minimum Gasteiger partial charge on any atom is -0.488 e. The second-order valence-corrected chi connectivity index (χ2v) is 6.14. The third-order valence-corrected chi connectivity index (χ3v) is 4.09. The average molecular weight is 348 g/mol. The highest BCUT2D eigenvalue weighted by Gasteiger charge is 2.24. The fourth-order valence-corrected chi connectivity index (χ4v) is 2.63. The van der Waals surface area contributed by atoms with Crippen LogP contribution in [0, 0.1) is 11.7 Å². The molecule has 24 heavy (non-hydrogen) atoms. The first kappa shape index (κ1) is 15.2. The molecule has 3 aromatic rings. The van der Waals surface area contributed by atoms with Gasteiger partial charge in [-0.25, -0.2) is 14.4 Å². The van der Waals surface area contributed by atoms with Crippen LogP contribution in [0.15, 0.2) is 34.9 Å². The highest BCUT2D eigenvalue weighted by Crippen LogP contribution is 2.35. The molecular formula is C17H15ClFN3O2. The monoisotopic (exact) mass is 347 g/mol. The number of halogens is 2. The van der Waals surface area contributed by atoms with Crippen LogP contribution in [0.3, 0.4) is 0 Å². The summed E-state index contributed by atoms with van der Waals surface area (Å²) in [5, 5.41) is 3.83. The number of nitrogens with one attached hydrogen (secondary N) is 1. The lowest BCUT2D eigenvalue weighted by molar-refractivity contribution is 0.288. The van der Waals surface area contributed by atoms with Crippen LogP contribution in [-0.4, -0.2) is 16.6 Å². The number of rotatable bonds is 6. The molecular weight excluding hydrogens is 333 g/mol. The molecule has 1 N–H and O–H groups in total. The van der Waals surface area contributed by atoms with Crippen molar-refractivity contribution in [1.82, 2.24) is 9.97 Å². The zero-order chi connectivity index (χ0) is 16.5. The molecule has 0 atom stereocenters. The van der Waals surface area contributed by atoms with Crippen LogP contribution in [0.1, 0.15) is 18.6 Å². The molecule has 2 aromatic heterocycles. The van der Waals surface area contributed by atoms with Crippen molar-refractivity contribution in [2.75, 3.05) is 11.9 Å². The van der Waals surface area contributed by atoms with E-state index in [1.165, 1.54) is 6.07 Å². The molecule has 0 radical (unpaired) electrons. The van der Waals surface area contributed by atoms with Gasteiger partial charge in [0, 0.05) is 5.39 Å². The predicted molar refractivity (Wildman–Crippen MR) is 88.8 cm³/mol. The van der Waals surface area contributed by atoms with Crippen LogP contribution in [0.4, 0.5) is 10.2 Å². The zero-order valence-electron chi connectivity index (χ0n) is 12.8. The minimum atomic E-state index is -0.449. The molecule has 0 spiro atoms. The number of aromatic nitrogens is 2. The summed E-state index contributed by atoms with van der Waals surface area (Å²) < 4.78 is 25.2. The van der Waals surface area contributed by atoms with Crippen LogP contribution < -0.4 is 10.1 Å². The Kier molecular flexibility index (Phi) is 3.98. The van der Waals surface area contributed by atoms with Gasteiger partial charge in [0.25, 0.3) is 0 Å². The van der Waals surface area contributed by atoms with Gasteiger partial charge in [-0.15, -0.1) is 0 Å². The number of hydrogen-bond donors (Lipinski definition) is 1. The molecule has 0 bridgehead atoms. The summed E-state index contributed by atoms with van der Waals surface area (Å²) in [6.07, 6.45) is 3.84. The topological polar surface area (TPSA) is 60.2 Å². The Hall–Kier alpha value is -2.34. The molecule has 1 saturated carbocycles. The number of fused-ring (bicyclic) bond motifs is 1. The lowest BCUT2D eigenvalue weighted by Crippen LogP contribution is -2.06. The first-order valence-corrected chi connectivity index (χ1v) is 8.13. The number of ether oxygens (including phenoxy) is 1. The fraction of sp³-hybridized carbons (Fsp3) is 0.294. The Balaban J connectivity index is 1.69. The molecule has 1 aliphatic carbocycles. The largest absolute Gasteiger partial charge is 0.488 e. The van der Waals surface area contributed by atoms with Gasteiger partial charge in [-0.1, -0.05) is 0 Å². The SMILES string of the molecule is Fc1ccc2c(NCc3ccco3)nc(Cl)nc2c1OCC1CC1. The molecule has 0 saturated heterocycles. The molecule has 1 aromatic carbocycles. The van der Waals surface area contributed by atoms with Gasteiger partial charge in [0.05, 0.1) is 19.4 Å². The highest BCUT2D eigenvalue weighted by molar-refractivity contribution is 6.29. The fourth-order valence-electron chi connectivity index (χ4n) is 2.46. The molecule has 7 heteroatoms.